The highest BCUT2D eigenvalue weighted by Gasteiger charge is 2.30. The van der Waals surface area contributed by atoms with Crippen LogP contribution in [0.25, 0.3) is 0 Å². The summed E-state index contributed by atoms with van der Waals surface area (Å²) in [4.78, 5) is 72.5. The summed E-state index contributed by atoms with van der Waals surface area (Å²) in [5, 5.41) is 10.6. The topological polar surface area (TPSA) is 237 Å². The van der Waals surface area contributed by atoms with Gasteiger partial charge in [0.05, 0.1) is 26.4 Å². The molecule has 0 aromatic rings. The van der Waals surface area contributed by atoms with Crippen LogP contribution in [0.4, 0.5) is 0 Å². The summed E-state index contributed by atoms with van der Waals surface area (Å²) in [6.45, 7) is 7.17. The number of aliphatic hydroxyl groups is 1. The second kappa shape index (κ2) is 66.3. The molecule has 0 spiro atoms. The zero-order chi connectivity index (χ0) is 67.7. The molecule has 0 radical (unpaired) electrons. The average molecular weight is 1350 g/mol. The molecule has 0 saturated carbocycles. The van der Waals surface area contributed by atoms with Crippen molar-refractivity contribution in [2.75, 3.05) is 39.6 Å². The summed E-state index contributed by atoms with van der Waals surface area (Å²) in [5.74, 6) is -1.41. The van der Waals surface area contributed by atoms with E-state index in [9.17, 15) is 43.2 Å². The van der Waals surface area contributed by atoms with Crippen molar-refractivity contribution in [1.82, 2.24) is 0 Å². The maximum atomic E-state index is 13.1. The molecule has 92 heavy (non-hydrogen) atoms. The van der Waals surface area contributed by atoms with E-state index in [-0.39, 0.29) is 25.7 Å². The molecule has 0 aliphatic heterocycles. The number of unbranched alkanes of at least 4 members (excludes halogenated alkanes) is 44. The number of carbonyl (C=O) groups is 4. The van der Waals surface area contributed by atoms with Gasteiger partial charge in [-0.3, -0.25) is 37.3 Å². The third-order valence-corrected chi connectivity index (χ3v) is 19.3. The summed E-state index contributed by atoms with van der Waals surface area (Å²) in [7, 11) is -9.90. The number of hydrogen-bond donors (Lipinski definition) is 3. The quantitative estimate of drug-likeness (QED) is 0.0222. The first kappa shape index (κ1) is 90.1. The van der Waals surface area contributed by atoms with E-state index < -0.39 is 97.5 Å². The SMILES string of the molecule is CCCCCCCCCCCCCCCCCCCCCCCCC(=O)O[C@H](COC(=O)CCCCCCCCCCCCCCC)COP(=O)(O)OC[C@@H](O)COP(=O)(O)OC[C@@H](COC(=O)CCCCCCCCC)OC(=O)CCCCCCCCC(C)CC. The van der Waals surface area contributed by atoms with Crippen molar-refractivity contribution in [3.8, 4) is 0 Å². The Labute approximate surface area is 562 Å². The van der Waals surface area contributed by atoms with E-state index in [4.69, 9.17) is 37.0 Å². The van der Waals surface area contributed by atoms with Crippen LogP contribution in [0.3, 0.4) is 0 Å². The van der Waals surface area contributed by atoms with E-state index in [1.165, 1.54) is 193 Å². The fourth-order valence-corrected chi connectivity index (χ4v) is 12.7. The third-order valence-electron chi connectivity index (χ3n) is 17.4. The van der Waals surface area contributed by atoms with Crippen LogP contribution in [0, 0.1) is 5.92 Å². The van der Waals surface area contributed by atoms with Crippen LogP contribution in [-0.2, 0) is 65.4 Å². The van der Waals surface area contributed by atoms with Crippen LogP contribution in [0.1, 0.15) is 381 Å². The summed E-state index contributed by atoms with van der Waals surface area (Å²) in [5.41, 5.74) is 0. The van der Waals surface area contributed by atoms with E-state index in [0.717, 1.165) is 109 Å². The maximum Gasteiger partial charge on any atom is 0.472 e. The van der Waals surface area contributed by atoms with Gasteiger partial charge in [-0.1, -0.05) is 330 Å². The highest BCUT2D eigenvalue weighted by atomic mass is 31.2. The molecule has 0 amide bonds. The number of aliphatic hydroxyl groups excluding tert-OH is 1. The van der Waals surface area contributed by atoms with Crippen molar-refractivity contribution >= 4 is 39.5 Å². The molecular formula is C73H142O17P2. The minimum atomic E-state index is -4.95. The Morgan fingerprint density at radius 1 is 0.304 bits per heavy atom. The summed E-state index contributed by atoms with van der Waals surface area (Å²) < 4.78 is 68.2. The average Bonchev–Trinajstić information content (AvgIpc) is 3.67. The van der Waals surface area contributed by atoms with E-state index in [2.05, 4.69) is 34.6 Å². The standard InChI is InChI=1S/C73H142O17P2/c1-6-10-13-16-19-21-23-25-26-27-28-29-30-31-32-33-35-37-39-42-48-53-58-72(77)89-68(63-84-71(76)57-52-47-41-38-36-34-24-22-20-17-14-11-7-2)64-87-91(79,80)85-60-67(74)61-86-92(81,82)88-65-69(62-83-70(75)56-51-46-40-18-15-12-8-3)90-73(78)59-54-49-44-43-45-50-55-66(5)9-4/h66-69,74H,6-65H2,1-5H3,(H,79,80)(H,81,82)/t66?,67-,68-,69-/m1/s1. The first-order chi connectivity index (χ1) is 44.6. The summed E-state index contributed by atoms with van der Waals surface area (Å²) in [6.07, 6.45) is 54.5. The molecular weight excluding hydrogens is 1210 g/mol. The van der Waals surface area contributed by atoms with Crippen molar-refractivity contribution in [2.24, 2.45) is 5.92 Å². The lowest BCUT2D eigenvalue weighted by molar-refractivity contribution is -0.161. The van der Waals surface area contributed by atoms with Crippen LogP contribution >= 0.6 is 15.6 Å². The molecule has 0 aromatic carbocycles. The van der Waals surface area contributed by atoms with Gasteiger partial charge in [-0.15, -0.1) is 0 Å². The Morgan fingerprint density at radius 2 is 0.522 bits per heavy atom. The van der Waals surface area contributed by atoms with Crippen LogP contribution in [0.2, 0.25) is 0 Å². The van der Waals surface area contributed by atoms with Gasteiger partial charge >= 0.3 is 39.5 Å². The molecule has 546 valence electrons. The predicted octanol–water partition coefficient (Wildman–Crippen LogP) is 21.3. The number of rotatable bonds is 73. The lowest BCUT2D eigenvalue weighted by Gasteiger charge is -2.21. The molecule has 17 nitrogen and oxygen atoms in total. The van der Waals surface area contributed by atoms with E-state index in [0.29, 0.717) is 25.7 Å². The van der Waals surface area contributed by atoms with Gasteiger partial charge < -0.3 is 33.8 Å². The second-order valence-corrected chi connectivity index (χ2v) is 29.5. The minimum Gasteiger partial charge on any atom is -0.462 e. The molecule has 19 heteroatoms. The molecule has 3 N–H and O–H groups in total. The Hall–Kier alpha value is -1.94. The zero-order valence-electron chi connectivity index (χ0n) is 59.7. The highest BCUT2D eigenvalue weighted by Crippen LogP contribution is 2.45. The summed E-state index contributed by atoms with van der Waals surface area (Å²) >= 11 is 0. The second-order valence-electron chi connectivity index (χ2n) is 26.6. The fraction of sp³-hybridized carbons (Fsp3) is 0.945. The largest absolute Gasteiger partial charge is 0.472 e. The number of esters is 4. The third kappa shape index (κ3) is 65.4. The monoisotopic (exact) mass is 1350 g/mol. The Balaban J connectivity index is 5.13. The zero-order valence-corrected chi connectivity index (χ0v) is 61.5. The number of ether oxygens (including phenoxy) is 4. The van der Waals surface area contributed by atoms with Gasteiger partial charge in [-0.2, -0.15) is 0 Å². The van der Waals surface area contributed by atoms with E-state index >= 15 is 0 Å². The first-order valence-corrected chi connectivity index (χ1v) is 41.2. The maximum absolute atomic E-state index is 13.1. The molecule has 0 aliphatic carbocycles. The molecule has 0 saturated heterocycles. The number of hydrogen-bond acceptors (Lipinski definition) is 15. The Bertz CT molecular complexity index is 1770. The first-order valence-electron chi connectivity index (χ1n) is 38.2. The van der Waals surface area contributed by atoms with E-state index in [1.54, 1.807) is 0 Å². The number of phosphoric ester groups is 2. The van der Waals surface area contributed by atoms with Gasteiger partial charge in [-0.05, 0) is 31.6 Å². The van der Waals surface area contributed by atoms with Crippen molar-refractivity contribution in [2.45, 2.75) is 400 Å². The van der Waals surface area contributed by atoms with Gasteiger partial charge in [0, 0.05) is 25.7 Å². The molecule has 0 fully saturated rings. The van der Waals surface area contributed by atoms with Crippen molar-refractivity contribution in [3.63, 3.8) is 0 Å². The van der Waals surface area contributed by atoms with Crippen molar-refractivity contribution < 1.29 is 80.2 Å². The molecule has 3 unspecified atom stereocenters. The molecule has 0 rings (SSSR count). The lowest BCUT2D eigenvalue weighted by Crippen LogP contribution is -2.30. The van der Waals surface area contributed by atoms with Crippen molar-refractivity contribution in [3.05, 3.63) is 0 Å². The van der Waals surface area contributed by atoms with Crippen LogP contribution in [0.15, 0.2) is 0 Å². The smallest absolute Gasteiger partial charge is 0.462 e. The minimum absolute atomic E-state index is 0.103. The van der Waals surface area contributed by atoms with E-state index in [1.807, 2.05) is 0 Å². The van der Waals surface area contributed by atoms with Crippen LogP contribution < -0.4 is 0 Å². The summed E-state index contributed by atoms with van der Waals surface area (Å²) in [6, 6.07) is 0. The molecule has 0 aliphatic rings. The highest BCUT2D eigenvalue weighted by molar-refractivity contribution is 7.47. The number of phosphoric acid groups is 2. The molecule has 0 bridgehead atoms. The lowest BCUT2D eigenvalue weighted by atomic mass is 10.00. The van der Waals surface area contributed by atoms with Gasteiger partial charge in [0.15, 0.2) is 12.2 Å². The fourth-order valence-electron chi connectivity index (χ4n) is 11.1. The van der Waals surface area contributed by atoms with Gasteiger partial charge in [-0.25, -0.2) is 9.13 Å². The number of carbonyl (C=O) groups excluding carboxylic acids is 4. The molecule has 6 atom stereocenters. The molecule has 0 heterocycles. The normalized spacial score (nSPS) is 14.3. The Morgan fingerprint density at radius 3 is 0.772 bits per heavy atom. The van der Waals surface area contributed by atoms with Crippen LogP contribution in [0.5, 0.6) is 0 Å². The van der Waals surface area contributed by atoms with Gasteiger partial charge in [0.25, 0.3) is 0 Å². The van der Waals surface area contributed by atoms with Gasteiger partial charge in [0.2, 0.25) is 0 Å². The predicted molar refractivity (Wildman–Crippen MR) is 372 cm³/mol. The molecule has 0 aromatic heterocycles. The van der Waals surface area contributed by atoms with Crippen molar-refractivity contribution in [1.29, 1.82) is 0 Å². The Kier molecular flexibility index (Phi) is 64.9. The van der Waals surface area contributed by atoms with Gasteiger partial charge in [0.1, 0.15) is 19.3 Å². The van der Waals surface area contributed by atoms with Crippen LogP contribution in [-0.4, -0.2) is 96.7 Å².